The zero-order valence-corrected chi connectivity index (χ0v) is 11.3. The first-order valence-corrected chi connectivity index (χ1v) is 5.83. The Labute approximate surface area is 107 Å². The molecule has 102 valence electrons. The second-order valence-electron chi connectivity index (χ2n) is 4.10. The number of rotatable bonds is 6. The van der Waals surface area contributed by atoms with Gasteiger partial charge in [0.1, 0.15) is 6.10 Å². The lowest BCUT2D eigenvalue weighted by Crippen LogP contribution is -2.26. The summed E-state index contributed by atoms with van der Waals surface area (Å²) in [5.41, 5.74) is 6.49. The summed E-state index contributed by atoms with van der Waals surface area (Å²) in [6.07, 6.45) is -0.954. The second-order valence-corrected chi connectivity index (χ2v) is 4.10. The molecule has 0 bridgehead atoms. The molecular weight excluding hydrogens is 234 g/mol. The molecule has 0 aliphatic heterocycles. The Morgan fingerprint density at radius 1 is 1.17 bits per heavy atom. The minimum absolute atomic E-state index is 0.364. The van der Waals surface area contributed by atoms with Gasteiger partial charge in [-0.2, -0.15) is 0 Å². The van der Waals surface area contributed by atoms with Crippen molar-refractivity contribution in [1.82, 2.24) is 0 Å². The predicted octanol–water partition coefficient (Wildman–Crippen LogP) is 1.31. The average Bonchev–Trinajstić information content (AvgIpc) is 2.38. The maximum atomic E-state index is 9.48. The van der Waals surface area contributed by atoms with Gasteiger partial charge >= 0.3 is 0 Å². The Hall–Kier alpha value is -1.46. The number of ether oxygens (including phenoxy) is 3. The smallest absolute Gasteiger partial charge is 0.203 e. The SMILES string of the molecule is COc1cc(CN)cc(OC)c1OC(C)C(C)O. The molecule has 0 heterocycles. The fraction of sp³-hybridized carbons (Fsp3) is 0.538. The monoisotopic (exact) mass is 255 g/mol. The van der Waals surface area contributed by atoms with Crippen LogP contribution in [0.25, 0.3) is 0 Å². The van der Waals surface area contributed by atoms with Crippen LogP contribution in [0.15, 0.2) is 12.1 Å². The summed E-state index contributed by atoms with van der Waals surface area (Å²) < 4.78 is 16.2. The van der Waals surface area contributed by atoms with Crippen LogP contribution in [0.2, 0.25) is 0 Å². The average molecular weight is 255 g/mol. The van der Waals surface area contributed by atoms with Crippen LogP contribution in [0.3, 0.4) is 0 Å². The maximum absolute atomic E-state index is 9.48. The Balaban J connectivity index is 3.14. The number of nitrogens with two attached hydrogens (primary N) is 1. The van der Waals surface area contributed by atoms with Gasteiger partial charge in [0.25, 0.3) is 0 Å². The normalized spacial score (nSPS) is 13.9. The lowest BCUT2D eigenvalue weighted by atomic mass is 10.1. The first-order valence-electron chi connectivity index (χ1n) is 5.83. The standard InChI is InChI=1S/C13H21NO4/c1-8(15)9(2)18-13-11(16-3)5-10(7-14)6-12(13)17-4/h5-6,8-9,15H,7,14H2,1-4H3. The molecule has 0 aliphatic rings. The van der Waals surface area contributed by atoms with Gasteiger partial charge in [-0.3, -0.25) is 0 Å². The van der Waals surface area contributed by atoms with Crippen LogP contribution in [0.5, 0.6) is 17.2 Å². The molecule has 5 heteroatoms. The molecule has 0 radical (unpaired) electrons. The molecular formula is C13H21NO4. The van der Waals surface area contributed by atoms with Crippen LogP contribution >= 0.6 is 0 Å². The van der Waals surface area contributed by atoms with E-state index >= 15 is 0 Å². The molecule has 0 saturated carbocycles. The molecule has 0 spiro atoms. The summed E-state index contributed by atoms with van der Waals surface area (Å²) in [6, 6.07) is 3.60. The fourth-order valence-corrected chi connectivity index (χ4v) is 1.45. The van der Waals surface area contributed by atoms with E-state index in [0.29, 0.717) is 23.8 Å². The van der Waals surface area contributed by atoms with Gasteiger partial charge in [-0.15, -0.1) is 0 Å². The van der Waals surface area contributed by atoms with E-state index in [9.17, 15) is 5.11 Å². The van der Waals surface area contributed by atoms with Gasteiger partial charge in [-0.05, 0) is 31.5 Å². The Bertz CT molecular complexity index is 368. The number of methoxy groups -OCH3 is 2. The van der Waals surface area contributed by atoms with E-state index < -0.39 is 6.10 Å². The van der Waals surface area contributed by atoms with Crippen LogP contribution in [0, 0.1) is 0 Å². The highest BCUT2D eigenvalue weighted by molar-refractivity contribution is 5.54. The van der Waals surface area contributed by atoms with Gasteiger partial charge < -0.3 is 25.1 Å². The van der Waals surface area contributed by atoms with Crippen molar-refractivity contribution in [1.29, 1.82) is 0 Å². The van der Waals surface area contributed by atoms with Crippen molar-refractivity contribution >= 4 is 0 Å². The molecule has 1 aromatic carbocycles. The molecule has 5 nitrogen and oxygen atoms in total. The van der Waals surface area contributed by atoms with Gasteiger partial charge in [0, 0.05) is 6.54 Å². The van der Waals surface area contributed by atoms with Crippen molar-refractivity contribution in [3.8, 4) is 17.2 Å². The molecule has 0 saturated heterocycles. The molecule has 0 aliphatic carbocycles. The summed E-state index contributed by atoms with van der Waals surface area (Å²) in [5, 5.41) is 9.48. The van der Waals surface area contributed by atoms with Crippen LogP contribution in [-0.4, -0.2) is 31.5 Å². The molecule has 1 aromatic rings. The molecule has 0 amide bonds. The van der Waals surface area contributed by atoms with Gasteiger partial charge in [0.2, 0.25) is 5.75 Å². The quantitative estimate of drug-likeness (QED) is 0.801. The lowest BCUT2D eigenvalue weighted by molar-refractivity contribution is 0.0567. The highest BCUT2D eigenvalue weighted by Crippen LogP contribution is 2.39. The van der Waals surface area contributed by atoms with Crippen molar-refractivity contribution < 1.29 is 19.3 Å². The van der Waals surface area contributed by atoms with Gasteiger partial charge in [-0.1, -0.05) is 0 Å². The van der Waals surface area contributed by atoms with Crippen LogP contribution in [0.1, 0.15) is 19.4 Å². The molecule has 2 atom stereocenters. The highest BCUT2D eigenvalue weighted by atomic mass is 16.5. The summed E-state index contributed by atoms with van der Waals surface area (Å²) in [4.78, 5) is 0. The summed E-state index contributed by atoms with van der Waals surface area (Å²) in [7, 11) is 3.10. The molecule has 0 fully saturated rings. The largest absolute Gasteiger partial charge is 0.493 e. The second kappa shape index (κ2) is 6.47. The van der Waals surface area contributed by atoms with Gasteiger partial charge in [-0.25, -0.2) is 0 Å². The maximum Gasteiger partial charge on any atom is 0.203 e. The van der Waals surface area contributed by atoms with E-state index in [1.165, 1.54) is 0 Å². The van der Waals surface area contributed by atoms with E-state index in [2.05, 4.69) is 0 Å². The summed E-state index contributed by atoms with van der Waals surface area (Å²) in [6.45, 7) is 3.83. The van der Waals surface area contributed by atoms with Crippen LogP contribution < -0.4 is 19.9 Å². The summed E-state index contributed by atoms with van der Waals surface area (Å²) >= 11 is 0. The number of benzene rings is 1. The van der Waals surface area contributed by atoms with E-state index in [1.54, 1.807) is 40.2 Å². The topological polar surface area (TPSA) is 73.9 Å². The number of aliphatic hydroxyl groups is 1. The van der Waals surface area contributed by atoms with Crippen molar-refractivity contribution in [3.05, 3.63) is 17.7 Å². The number of hydrogen-bond donors (Lipinski definition) is 2. The lowest BCUT2D eigenvalue weighted by Gasteiger charge is -2.21. The van der Waals surface area contributed by atoms with E-state index in [0.717, 1.165) is 5.56 Å². The van der Waals surface area contributed by atoms with Crippen LogP contribution in [0.4, 0.5) is 0 Å². The zero-order valence-electron chi connectivity index (χ0n) is 11.3. The van der Waals surface area contributed by atoms with Gasteiger partial charge in [0.05, 0.1) is 20.3 Å². The third-order valence-electron chi connectivity index (χ3n) is 2.74. The third-order valence-corrected chi connectivity index (χ3v) is 2.74. The first-order chi connectivity index (χ1) is 8.53. The Morgan fingerprint density at radius 2 is 1.67 bits per heavy atom. The molecule has 1 rings (SSSR count). The Kier molecular flexibility index (Phi) is 5.25. The molecule has 2 unspecified atom stereocenters. The number of hydrogen-bond acceptors (Lipinski definition) is 5. The zero-order chi connectivity index (χ0) is 13.7. The van der Waals surface area contributed by atoms with E-state index in [1.807, 2.05) is 0 Å². The van der Waals surface area contributed by atoms with Crippen molar-refractivity contribution in [2.75, 3.05) is 14.2 Å². The molecule has 3 N–H and O–H groups in total. The van der Waals surface area contributed by atoms with Crippen LogP contribution in [-0.2, 0) is 6.54 Å². The predicted molar refractivity (Wildman–Crippen MR) is 69.2 cm³/mol. The van der Waals surface area contributed by atoms with E-state index in [4.69, 9.17) is 19.9 Å². The fourth-order valence-electron chi connectivity index (χ4n) is 1.45. The van der Waals surface area contributed by atoms with E-state index in [-0.39, 0.29) is 6.10 Å². The Morgan fingerprint density at radius 3 is 2.00 bits per heavy atom. The minimum atomic E-state index is -0.589. The number of aliphatic hydroxyl groups excluding tert-OH is 1. The summed E-state index contributed by atoms with van der Waals surface area (Å²) in [5.74, 6) is 1.57. The van der Waals surface area contributed by atoms with Crippen molar-refractivity contribution in [2.24, 2.45) is 5.73 Å². The third kappa shape index (κ3) is 3.27. The highest BCUT2D eigenvalue weighted by Gasteiger charge is 2.18. The van der Waals surface area contributed by atoms with Gasteiger partial charge in [0.15, 0.2) is 11.5 Å². The van der Waals surface area contributed by atoms with Crippen molar-refractivity contribution in [3.63, 3.8) is 0 Å². The molecule has 18 heavy (non-hydrogen) atoms. The molecule has 0 aromatic heterocycles. The van der Waals surface area contributed by atoms with Crippen molar-refractivity contribution in [2.45, 2.75) is 32.6 Å². The first kappa shape index (κ1) is 14.6. The minimum Gasteiger partial charge on any atom is -0.493 e.